The maximum atomic E-state index is 13.5. The minimum Gasteiger partial charge on any atom is -0.489 e. The molecule has 14 heteroatoms. The Morgan fingerprint density at radius 2 is 1.89 bits per heavy atom. The van der Waals surface area contributed by atoms with Gasteiger partial charge in [-0.2, -0.15) is 8.78 Å². The van der Waals surface area contributed by atoms with Crippen LogP contribution in [0.25, 0.3) is 11.5 Å². The molecule has 0 radical (unpaired) electrons. The van der Waals surface area contributed by atoms with Gasteiger partial charge in [0.2, 0.25) is 5.89 Å². The van der Waals surface area contributed by atoms with Gasteiger partial charge in [-0.1, -0.05) is 0 Å². The normalized spacial score (nSPS) is 17.5. The summed E-state index contributed by atoms with van der Waals surface area (Å²) < 4.78 is 52.8. The number of likely N-dealkylation sites (tertiary alicyclic amines) is 1. The molecule has 1 saturated carbocycles. The fourth-order valence-corrected chi connectivity index (χ4v) is 4.77. The molecule has 1 aliphatic heterocycles. The molecule has 242 valence electrons. The van der Waals surface area contributed by atoms with E-state index in [0.29, 0.717) is 31.1 Å². The molecule has 1 aromatic heterocycles. The highest BCUT2D eigenvalue weighted by Crippen LogP contribution is 2.37. The number of piperidine rings is 1. The highest BCUT2D eigenvalue weighted by atomic mass is 19.3. The van der Waals surface area contributed by atoms with E-state index in [4.69, 9.17) is 18.6 Å². The Hall–Kier alpha value is -4.10. The molecular weight excluding hydrogens is 582 g/mol. The topological polar surface area (TPSA) is 141 Å². The van der Waals surface area contributed by atoms with E-state index in [1.807, 2.05) is 0 Å². The first-order chi connectivity index (χ1) is 20.8. The first-order valence-corrected chi connectivity index (χ1v) is 14.7. The molecule has 1 aromatic carbocycles. The van der Waals surface area contributed by atoms with Crippen molar-refractivity contribution < 1.29 is 46.5 Å². The van der Waals surface area contributed by atoms with E-state index in [9.17, 15) is 23.2 Å². The second-order valence-corrected chi connectivity index (χ2v) is 11.9. The summed E-state index contributed by atoms with van der Waals surface area (Å²) in [5.41, 5.74) is -0.523. The number of nitrogens with one attached hydrogen (secondary N) is 2. The SMILES string of the molecule is COC(=O)N1CCCCC1CNC(=O)c1nc(-c2ccc(OC(F)F)c(OCC3CC3)c2)oc1[C@H](C)NC(=O)OC(C)(C)C. The Morgan fingerprint density at radius 3 is 2.55 bits per heavy atom. The van der Waals surface area contributed by atoms with E-state index in [2.05, 4.69) is 20.4 Å². The minimum atomic E-state index is -3.05. The molecule has 2 aromatic rings. The zero-order valence-electron chi connectivity index (χ0n) is 25.6. The first-order valence-electron chi connectivity index (χ1n) is 14.7. The van der Waals surface area contributed by atoms with E-state index >= 15 is 0 Å². The third-order valence-corrected chi connectivity index (χ3v) is 7.11. The monoisotopic (exact) mass is 622 g/mol. The van der Waals surface area contributed by atoms with E-state index < -0.39 is 36.3 Å². The van der Waals surface area contributed by atoms with E-state index in [1.165, 1.54) is 25.3 Å². The lowest BCUT2D eigenvalue weighted by Crippen LogP contribution is -2.49. The lowest BCUT2D eigenvalue weighted by atomic mass is 10.0. The van der Waals surface area contributed by atoms with Gasteiger partial charge in [-0.25, -0.2) is 14.6 Å². The van der Waals surface area contributed by atoms with Gasteiger partial charge < -0.3 is 38.9 Å². The molecule has 2 atom stereocenters. The maximum absolute atomic E-state index is 13.5. The summed E-state index contributed by atoms with van der Waals surface area (Å²) >= 11 is 0. The van der Waals surface area contributed by atoms with Gasteiger partial charge in [-0.15, -0.1) is 0 Å². The first kappa shape index (κ1) is 32.8. The summed E-state index contributed by atoms with van der Waals surface area (Å²) in [6.07, 6.45) is 3.19. The second kappa shape index (κ2) is 14.1. The van der Waals surface area contributed by atoms with Crippen LogP contribution in [-0.4, -0.2) is 73.0 Å². The number of rotatable bonds is 11. The number of aromatic nitrogens is 1. The number of ether oxygens (including phenoxy) is 4. The number of hydrogen-bond acceptors (Lipinski definition) is 9. The quantitative estimate of drug-likeness (QED) is 0.324. The van der Waals surface area contributed by atoms with Gasteiger partial charge >= 0.3 is 18.8 Å². The number of halogens is 2. The molecule has 2 N–H and O–H groups in total. The average molecular weight is 623 g/mol. The van der Waals surface area contributed by atoms with Crippen LogP contribution in [0.2, 0.25) is 0 Å². The summed E-state index contributed by atoms with van der Waals surface area (Å²) in [6, 6.07) is 3.11. The number of benzene rings is 1. The molecule has 4 rings (SSSR count). The molecule has 1 unspecified atom stereocenters. The van der Waals surface area contributed by atoms with Crippen molar-refractivity contribution in [2.75, 3.05) is 26.8 Å². The molecule has 1 saturated heterocycles. The van der Waals surface area contributed by atoms with Crippen LogP contribution in [0.5, 0.6) is 11.5 Å². The van der Waals surface area contributed by atoms with Crippen molar-refractivity contribution in [1.29, 1.82) is 0 Å². The van der Waals surface area contributed by atoms with Crippen LogP contribution in [0.15, 0.2) is 22.6 Å². The standard InChI is InChI=1S/C30H40F2N4O8/c1-17(34-28(38)44-30(2,3)4)24-23(25(37)33-15-20-8-6-7-13-36(20)29(39)40-5)35-26(43-24)19-11-12-21(42-27(31)32)22(14-19)41-16-18-9-10-18/h11-12,14,17-18,20,27H,6-10,13,15-16H2,1-5H3,(H,33,37)(H,34,38)/t17-,20?/m0/s1. The molecule has 2 fully saturated rings. The lowest BCUT2D eigenvalue weighted by molar-refractivity contribution is -0.0515. The Kier molecular flexibility index (Phi) is 10.5. The number of oxazole rings is 1. The van der Waals surface area contributed by atoms with Crippen LogP contribution in [0.1, 0.15) is 82.1 Å². The van der Waals surface area contributed by atoms with Crippen LogP contribution >= 0.6 is 0 Å². The minimum absolute atomic E-state index is 0.00305. The zero-order valence-corrected chi connectivity index (χ0v) is 25.6. The number of methoxy groups -OCH3 is 1. The number of alkyl carbamates (subject to hydrolysis) is 1. The Balaban J connectivity index is 1.61. The number of amides is 3. The van der Waals surface area contributed by atoms with E-state index in [0.717, 1.165) is 25.7 Å². The van der Waals surface area contributed by atoms with Gasteiger partial charge in [0.25, 0.3) is 5.91 Å². The Labute approximate surface area is 254 Å². The molecule has 1 aliphatic carbocycles. The zero-order chi connectivity index (χ0) is 32.0. The molecule has 2 aliphatic rings. The fourth-order valence-electron chi connectivity index (χ4n) is 4.77. The Morgan fingerprint density at radius 1 is 1.14 bits per heavy atom. The third-order valence-electron chi connectivity index (χ3n) is 7.11. The smallest absolute Gasteiger partial charge is 0.409 e. The maximum Gasteiger partial charge on any atom is 0.409 e. The summed E-state index contributed by atoms with van der Waals surface area (Å²) in [6.45, 7) is 4.71. The molecule has 2 heterocycles. The molecule has 44 heavy (non-hydrogen) atoms. The van der Waals surface area contributed by atoms with E-state index in [-0.39, 0.29) is 41.4 Å². The lowest BCUT2D eigenvalue weighted by Gasteiger charge is -2.34. The predicted molar refractivity (Wildman–Crippen MR) is 154 cm³/mol. The van der Waals surface area contributed by atoms with Gasteiger partial charge in [0.15, 0.2) is 23.0 Å². The number of carbonyl (C=O) groups is 3. The fraction of sp³-hybridized carbons (Fsp3) is 0.600. The number of nitrogens with zero attached hydrogens (tertiary/aromatic N) is 2. The predicted octanol–water partition coefficient (Wildman–Crippen LogP) is 5.67. The van der Waals surface area contributed by atoms with Crippen LogP contribution < -0.4 is 20.1 Å². The highest BCUT2D eigenvalue weighted by Gasteiger charge is 2.31. The highest BCUT2D eigenvalue weighted by molar-refractivity contribution is 5.94. The van der Waals surface area contributed by atoms with E-state index in [1.54, 1.807) is 32.6 Å². The van der Waals surface area contributed by atoms with Gasteiger partial charge in [-0.3, -0.25) is 4.79 Å². The molecule has 0 bridgehead atoms. The van der Waals surface area contributed by atoms with Crippen molar-refractivity contribution >= 4 is 18.1 Å². The number of hydrogen-bond donors (Lipinski definition) is 2. The van der Waals surface area contributed by atoms with Crippen molar-refractivity contribution in [1.82, 2.24) is 20.5 Å². The van der Waals surface area contributed by atoms with Gasteiger partial charge in [0.05, 0.1) is 25.8 Å². The summed E-state index contributed by atoms with van der Waals surface area (Å²) in [5.74, 6) is -0.258. The van der Waals surface area contributed by atoms with Crippen molar-refractivity contribution in [3.05, 3.63) is 29.7 Å². The average Bonchev–Trinajstić information content (AvgIpc) is 3.68. The van der Waals surface area contributed by atoms with Crippen LogP contribution in [0.4, 0.5) is 18.4 Å². The van der Waals surface area contributed by atoms with Crippen molar-refractivity contribution in [3.8, 4) is 23.0 Å². The molecular formula is C30H40F2N4O8. The molecule has 3 amide bonds. The number of alkyl halides is 2. The van der Waals surface area contributed by atoms with Gasteiger partial charge in [0, 0.05) is 18.7 Å². The summed E-state index contributed by atoms with van der Waals surface area (Å²) in [7, 11) is 1.31. The molecule has 12 nitrogen and oxygen atoms in total. The van der Waals surface area contributed by atoms with Crippen LogP contribution in [-0.2, 0) is 9.47 Å². The largest absolute Gasteiger partial charge is 0.489 e. The van der Waals surface area contributed by atoms with Crippen molar-refractivity contribution in [3.63, 3.8) is 0 Å². The second-order valence-electron chi connectivity index (χ2n) is 11.9. The van der Waals surface area contributed by atoms with Gasteiger partial charge in [0.1, 0.15) is 5.60 Å². The van der Waals surface area contributed by atoms with Gasteiger partial charge in [-0.05, 0) is 83.9 Å². The van der Waals surface area contributed by atoms with Crippen LogP contribution in [0.3, 0.4) is 0 Å². The summed E-state index contributed by atoms with van der Waals surface area (Å²) in [5, 5.41) is 5.49. The molecule has 0 spiro atoms. The third kappa shape index (κ3) is 8.96. The Bertz CT molecular complexity index is 1320. The number of carbonyl (C=O) groups excluding carboxylic acids is 3. The summed E-state index contributed by atoms with van der Waals surface area (Å²) in [4.78, 5) is 44.3. The van der Waals surface area contributed by atoms with Crippen LogP contribution in [0, 0.1) is 5.92 Å². The van der Waals surface area contributed by atoms with Crippen molar-refractivity contribution in [2.45, 2.75) is 84.1 Å². The van der Waals surface area contributed by atoms with Crippen molar-refractivity contribution in [2.24, 2.45) is 5.92 Å².